The molecule has 0 heterocycles. The Morgan fingerprint density at radius 3 is 1.83 bits per heavy atom. The highest BCUT2D eigenvalue weighted by molar-refractivity contribution is 7.96. The van der Waals surface area contributed by atoms with E-state index >= 15 is 0 Å². The molecule has 0 N–H and O–H groups in total. The number of hydrogen-bond acceptors (Lipinski definition) is 6. The number of halogens is 10. The zero-order chi connectivity index (χ0) is 22.7. The van der Waals surface area contributed by atoms with Crippen LogP contribution >= 0.6 is 12.0 Å². The van der Waals surface area contributed by atoms with E-state index in [-0.39, 0.29) is 0 Å². The number of hydrogen-bond donors (Lipinski definition) is 0. The van der Waals surface area contributed by atoms with Crippen molar-refractivity contribution in [3.8, 4) is 0 Å². The number of carbonyl (C=O) groups is 1. The highest BCUT2D eigenvalue weighted by Crippen LogP contribution is 2.59. The van der Waals surface area contributed by atoms with Crippen LogP contribution in [0.15, 0.2) is 0 Å². The summed E-state index contributed by atoms with van der Waals surface area (Å²) < 4.78 is 139. The Hall–Kier alpha value is -1.00. The van der Waals surface area contributed by atoms with Gasteiger partial charge in [0.05, 0.1) is 18.6 Å². The minimum atomic E-state index is -7.49. The number of esters is 1. The lowest BCUT2D eigenvalue weighted by atomic mass is 9.90. The molecule has 0 saturated heterocycles. The SMILES string of the molecule is O=C(OCC1CCCCC1)C(F)(SOO[O-])C(F)(F)C(F)(F)C(F)(F)C(F)(F)F. The van der Waals surface area contributed by atoms with Crippen molar-refractivity contribution in [3.05, 3.63) is 0 Å². The largest absolute Gasteiger partial charge is 0.691 e. The second-order valence-corrected chi connectivity index (χ2v) is 7.00. The lowest BCUT2D eigenvalue weighted by molar-refractivity contribution is -0.777. The van der Waals surface area contributed by atoms with Gasteiger partial charge in [-0.25, -0.2) is 9.18 Å². The third kappa shape index (κ3) is 4.85. The monoisotopic (exact) mass is 471 g/mol. The fraction of sp³-hybridized carbons (Fsp3) is 0.923. The molecular formula is C13H13F10O5S-. The van der Waals surface area contributed by atoms with E-state index in [0.29, 0.717) is 25.7 Å². The normalized spacial score (nSPS) is 19.7. The van der Waals surface area contributed by atoms with Crippen LogP contribution in [0, 0.1) is 5.92 Å². The Morgan fingerprint density at radius 2 is 1.38 bits per heavy atom. The van der Waals surface area contributed by atoms with Crippen LogP contribution in [0.4, 0.5) is 43.9 Å². The zero-order valence-electron chi connectivity index (χ0n) is 14.0. The lowest BCUT2D eigenvalue weighted by Gasteiger charge is -2.38. The average Bonchev–Trinajstić information content (AvgIpc) is 2.63. The van der Waals surface area contributed by atoms with E-state index in [1.54, 1.807) is 0 Å². The van der Waals surface area contributed by atoms with Gasteiger partial charge in [-0.3, -0.25) is 5.04 Å². The van der Waals surface area contributed by atoms with E-state index in [4.69, 9.17) is 0 Å². The summed E-state index contributed by atoms with van der Waals surface area (Å²) in [4.78, 5) is 11.7. The van der Waals surface area contributed by atoms with Gasteiger partial charge in [0.1, 0.15) is 0 Å². The fourth-order valence-electron chi connectivity index (χ4n) is 2.49. The maximum Gasteiger partial charge on any atom is 0.460 e. The van der Waals surface area contributed by atoms with Crippen LogP contribution in [0.25, 0.3) is 0 Å². The maximum atomic E-state index is 14.5. The Morgan fingerprint density at radius 1 is 0.862 bits per heavy atom. The molecule has 16 heteroatoms. The van der Waals surface area contributed by atoms with Gasteiger partial charge in [-0.15, -0.1) is 0 Å². The summed E-state index contributed by atoms with van der Waals surface area (Å²) in [6, 6.07) is 0. The molecule has 0 aromatic heterocycles. The molecule has 0 aromatic rings. The van der Waals surface area contributed by atoms with Gasteiger partial charge in [-0.1, -0.05) is 19.3 Å². The van der Waals surface area contributed by atoms with Crippen LogP contribution in [0.1, 0.15) is 32.1 Å². The molecule has 1 saturated carbocycles. The van der Waals surface area contributed by atoms with Crippen LogP contribution in [-0.4, -0.2) is 41.5 Å². The average molecular weight is 471 g/mol. The first-order valence-corrected chi connectivity index (χ1v) is 8.51. The van der Waals surface area contributed by atoms with Crippen LogP contribution < -0.4 is 5.26 Å². The molecule has 1 fully saturated rings. The molecule has 1 unspecified atom stereocenters. The minimum Gasteiger partial charge on any atom is -0.691 e. The topological polar surface area (TPSA) is 67.8 Å². The summed E-state index contributed by atoms with van der Waals surface area (Å²) in [5.74, 6) is -25.5. The molecule has 172 valence electrons. The molecule has 1 atom stereocenters. The predicted molar refractivity (Wildman–Crippen MR) is 72.0 cm³/mol. The Balaban J connectivity index is 3.21. The number of ether oxygens (including phenoxy) is 1. The Labute approximate surface area is 160 Å². The first-order valence-electron chi connectivity index (χ1n) is 7.77. The van der Waals surface area contributed by atoms with Gasteiger partial charge < -0.3 is 9.99 Å². The van der Waals surface area contributed by atoms with E-state index in [1.807, 2.05) is 0 Å². The van der Waals surface area contributed by atoms with Crippen molar-refractivity contribution in [2.24, 2.45) is 5.92 Å². The molecule has 5 nitrogen and oxygen atoms in total. The summed E-state index contributed by atoms with van der Waals surface area (Å²) in [6.07, 6.45) is -4.50. The highest BCUT2D eigenvalue weighted by atomic mass is 32.2. The maximum absolute atomic E-state index is 14.5. The van der Waals surface area contributed by atoms with Crippen molar-refractivity contribution < 1.29 is 68.1 Å². The van der Waals surface area contributed by atoms with Crippen molar-refractivity contribution in [2.75, 3.05) is 6.61 Å². The molecular weight excluding hydrogens is 458 g/mol. The second kappa shape index (κ2) is 9.01. The molecule has 0 bridgehead atoms. The van der Waals surface area contributed by atoms with E-state index in [0.717, 1.165) is 6.42 Å². The molecule has 0 aromatic carbocycles. The number of alkyl halides is 10. The van der Waals surface area contributed by atoms with E-state index < -0.39 is 59.5 Å². The summed E-state index contributed by atoms with van der Waals surface area (Å²) in [5, 5.41) is 6.44. The van der Waals surface area contributed by atoms with Gasteiger partial charge in [-0.05, 0) is 18.8 Å². The second-order valence-electron chi connectivity index (χ2n) is 6.14. The van der Waals surface area contributed by atoms with Crippen molar-refractivity contribution in [1.82, 2.24) is 0 Å². The standard InChI is InChI=1S/C13H14F10O5S/c14-9(29-28-27-25,8(24)26-6-7-4-2-1-3-5-7)10(15,16)11(17,18)12(19,20)13(21,22)23/h7,25H,1-6H2/p-1. The fourth-order valence-corrected chi connectivity index (χ4v) is 2.97. The van der Waals surface area contributed by atoms with Crippen molar-refractivity contribution >= 4 is 18.0 Å². The highest BCUT2D eigenvalue weighted by Gasteiger charge is 2.88. The van der Waals surface area contributed by atoms with Crippen molar-refractivity contribution in [2.45, 2.75) is 61.0 Å². The van der Waals surface area contributed by atoms with Gasteiger partial charge in [0, 0.05) is 0 Å². The Bertz CT molecular complexity index is 567. The molecule has 29 heavy (non-hydrogen) atoms. The first kappa shape index (κ1) is 26.0. The van der Waals surface area contributed by atoms with Crippen LogP contribution in [-0.2, 0) is 18.9 Å². The predicted octanol–water partition coefficient (Wildman–Crippen LogP) is 4.12. The molecule has 0 spiro atoms. The van der Waals surface area contributed by atoms with Crippen LogP contribution in [0.2, 0.25) is 0 Å². The molecule has 0 aliphatic heterocycles. The third-order valence-corrected chi connectivity index (χ3v) is 4.94. The van der Waals surface area contributed by atoms with Gasteiger partial charge >= 0.3 is 34.9 Å². The van der Waals surface area contributed by atoms with Gasteiger partial charge in [0.25, 0.3) is 0 Å². The van der Waals surface area contributed by atoms with Crippen molar-refractivity contribution in [1.29, 1.82) is 0 Å². The van der Waals surface area contributed by atoms with Crippen molar-refractivity contribution in [3.63, 3.8) is 0 Å². The molecule has 0 radical (unpaired) electrons. The molecule has 1 rings (SSSR count). The number of carbonyl (C=O) groups excluding carboxylic acids is 1. The molecule has 1 aliphatic carbocycles. The van der Waals surface area contributed by atoms with Crippen LogP contribution in [0.3, 0.4) is 0 Å². The number of rotatable bonds is 9. The van der Waals surface area contributed by atoms with Gasteiger partial charge in [-0.2, -0.15) is 43.8 Å². The van der Waals surface area contributed by atoms with E-state index in [9.17, 15) is 54.0 Å². The summed E-state index contributed by atoms with van der Waals surface area (Å²) >= 11 is -1.83. The third-order valence-electron chi connectivity index (χ3n) is 4.16. The smallest absolute Gasteiger partial charge is 0.460 e. The van der Waals surface area contributed by atoms with E-state index in [1.165, 1.54) is 0 Å². The van der Waals surface area contributed by atoms with Gasteiger partial charge in [0.2, 0.25) is 0 Å². The summed E-state index contributed by atoms with van der Waals surface area (Å²) in [5.41, 5.74) is 0. The van der Waals surface area contributed by atoms with E-state index in [2.05, 4.69) is 14.1 Å². The summed E-state index contributed by atoms with van der Waals surface area (Å²) in [6.45, 7) is -0.805. The summed E-state index contributed by atoms with van der Waals surface area (Å²) in [7, 11) is 0. The van der Waals surface area contributed by atoms with Gasteiger partial charge in [0.15, 0.2) is 0 Å². The molecule has 0 amide bonds. The first-order chi connectivity index (χ1) is 13.1. The molecule has 1 aliphatic rings. The van der Waals surface area contributed by atoms with Crippen LogP contribution in [0.5, 0.6) is 0 Å². The lowest BCUT2D eigenvalue weighted by Crippen LogP contribution is -2.68. The zero-order valence-corrected chi connectivity index (χ0v) is 14.9. The minimum absolute atomic E-state index is 0.374. The quantitative estimate of drug-likeness (QED) is 0.166. The Kier molecular flexibility index (Phi) is 8.09.